The van der Waals surface area contributed by atoms with Crippen molar-refractivity contribution in [3.63, 3.8) is 0 Å². The number of hydrogen-bond acceptors (Lipinski definition) is 5. The number of aromatic nitrogens is 3. The number of anilines is 2. The maximum Gasteiger partial charge on any atom is 0.280 e. The molecule has 0 spiro atoms. The van der Waals surface area contributed by atoms with Crippen LogP contribution in [-0.4, -0.2) is 28.0 Å². The Kier molecular flexibility index (Phi) is 4.85. The van der Waals surface area contributed by atoms with Crippen LogP contribution >= 0.6 is 11.6 Å². The molecule has 0 fully saturated rings. The van der Waals surface area contributed by atoms with Crippen molar-refractivity contribution in [3.8, 4) is 5.75 Å². The number of nitrogens with one attached hydrogen (secondary N) is 1. The van der Waals surface area contributed by atoms with Gasteiger partial charge in [0, 0.05) is 10.7 Å². The highest BCUT2D eigenvalue weighted by molar-refractivity contribution is 6.30. The molecule has 0 bridgehead atoms. The SMILES string of the molecule is COc1ccc(NC(=O)c2nnn(Cc3cccc(Cl)c3)c2N)cc1. The molecule has 25 heavy (non-hydrogen) atoms. The quantitative estimate of drug-likeness (QED) is 0.732. The van der Waals surface area contributed by atoms with E-state index in [0.29, 0.717) is 23.0 Å². The van der Waals surface area contributed by atoms with Crippen LogP contribution in [0.1, 0.15) is 16.1 Å². The number of carbonyl (C=O) groups excluding carboxylic acids is 1. The van der Waals surface area contributed by atoms with Gasteiger partial charge in [0.25, 0.3) is 5.91 Å². The van der Waals surface area contributed by atoms with Gasteiger partial charge in [0.05, 0.1) is 13.7 Å². The molecule has 1 aromatic heterocycles. The van der Waals surface area contributed by atoms with Crippen LogP contribution in [-0.2, 0) is 6.54 Å². The van der Waals surface area contributed by atoms with E-state index in [1.54, 1.807) is 43.5 Å². The molecule has 1 amide bonds. The van der Waals surface area contributed by atoms with Crippen molar-refractivity contribution in [3.05, 3.63) is 64.8 Å². The van der Waals surface area contributed by atoms with Crippen LogP contribution in [0.2, 0.25) is 5.02 Å². The number of methoxy groups -OCH3 is 1. The second-order valence-corrected chi connectivity index (χ2v) is 5.73. The monoisotopic (exact) mass is 357 g/mol. The second kappa shape index (κ2) is 7.23. The molecule has 0 aliphatic heterocycles. The normalized spacial score (nSPS) is 10.5. The van der Waals surface area contributed by atoms with Gasteiger partial charge in [-0.05, 0) is 42.0 Å². The molecule has 128 valence electrons. The van der Waals surface area contributed by atoms with Crippen LogP contribution in [0.25, 0.3) is 0 Å². The lowest BCUT2D eigenvalue weighted by Gasteiger charge is -2.06. The minimum absolute atomic E-state index is 0.0675. The van der Waals surface area contributed by atoms with Gasteiger partial charge in [-0.25, -0.2) is 4.68 Å². The molecule has 0 aliphatic carbocycles. The van der Waals surface area contributed by atoms with Crippen molar-refractivity contribution in [1.29, 1.82) is 0 Å². The number of amides is 1. The molecule has 3 rings (SSSR count). The number of rotatable bonds is 5. The lowest BCUT2D eigenvalue weighted by atomic mass is 10.2. The molecule has 2 aromatic carbocycles. The van der Waals surface area contributed by atoms with Gasteiger partial charge in [0.2, 0.25) is 0 Å². The first-order valence-electron chi connectivity index (χ1n) is 7.45. The minimum atomic E-state index is -0.431. The summed E-state index contributed by atoms with van der Waals surface area (Å²) in [5.41, 5.74) is 7.60. The lowest BCUT2D eigenvalue weighted by Crippen LogP contribution is -2.15. The maximum absolute atomic E-state index is 12.3. The lowest BCUT2D eigenvalue weighted by molar-refractivity contribution is 0.102. The summed E-state index contributed by atoms with van der Waals surface area (Å²) in [7, 11) is 1.58. The summed E-state index contributed by atoms with van der Waals surface area (Å²) in [6, 6.07) is 14.3. The molecule has 0 unspecified atom stereocenters. The van der Waals surface area contributed by atoms with Gasteiger partial charge in [-0.1, -0.05) is 28.9 Å². The number of hydrogen-bond donors (Lipinski definition) is 2. The van der Waals surface area contributed by atoms with E-state index in [0.717, 1.165) is 5.56 Å². The molecular formula is C17H16ClN5O2. The number of ether oxygens (including phenoxy) is 1. The number of halogens is 1. The average molecular weight is 358 g/mol. The highest BCUT2D eigenvalue weighted by Crippen LogP contribution is 2.18. The topological polar surface area (TPSA) is 95.1 Å². The first-order valence-corrected chi connectivity index (χ1v) is 7.83. The van der Waals surface area contributed by atoms with E-state index in [-0.39, 0.29) is 11.5 Å². The molecule has 0 saturated carbocycles. The fraction of sp³-hybridized carbons (Fsp3) is 0.118. The fourth-order valence-corrected chi connectivity index (χ4v) is 2.48. The van der Waals surface area contributed by atoms with Gasteiger partial charge in [0.1, 0.15) is 5.75 Å². The summed E-state index contributed by atoms with van der Waals surface area (Å²) in [5.74, 6) is 0.455. The van der Waals surface area contributed by atoms with Gasteiger partial charge < -0.3 is 15.8 Å². The van der Waals surface area contributed by atoms with Crippen LogP contribution in [0.5, 0.6) is 5.75 Å². The third-order valence-corrected chi connectivity index (χ3v) is 3.79. The molecule has 7 nitrogen and oxygen atoms in total. The Morgan fingerprint density at radius 2 is 2.04 bits per heavy atom. The van der Waals surface area contributed by atoms with Crippen molar-refractivity contribution in [2.24, 2.45) is 0 Å². The summed E-state index contributed by atoms with van der Waals surface area (Å²) >= 11 is 5.97. The van der Waals surface area contributed by atoms with E-state index in [9.17, 15) is 4.79 Å². The highest BCUT2D eigenvalue weighted by Gasteiger charge is 2.18. The van der Waals surface area contributed by atoms with Gasteiger partial charge >= 0.3 is 0 Å². The van der Waals surface area contributed by atoms with Crippen molar-refractivity contribution in [2.45, 2.75) is 6.54 Å². The summed E-state index contributed by atoms with van der Waals surface area (Å²) in [6.07, 6.45) is 0. The first kappa shape index (κ1) is 16.8. The van der Waals surface area contributed by atoms with Crippen LogP contribution in [0, 0.1) is 0 Å². The molecule has 1 heterocycles. The molecule has 8 heteroatoms. The zero-order valence-electron chi connectivity index (χ0n) is 13.4. The number of nitrogens with zero attached hydrogens (tertiary/aromatic N) is 3. The molecule has 0 atom stereocenters. The zero-order chi connectivity index (χ0) is 17.8. The van der Waals surface area contributed by atoms with Crippen molar-refractivity contribution in [1.82, 2.24) is 15.0 Å². The smallest absolute Gasteiger partial charge is 0.280 e. The third-order valence-electron chi connectivity index (χ3n) is 3.56. The zero-order valence-corrected chi connectivity index (χ0v) is 14.2. The summed E-state index contributed by atoms with van der Waals surface area (Å²) in [4.78, 5) is 12.3. The van der Waals surface area contributed by atoms with E-state index >= 15 is 0 Å². The number of benzene rings is 2. The highest BCUT2D eigenvalue weighted by atomic mass is 35.5. The molecule has 0 radical (unpaired) electrons. The van der Waals surface area contributed by atoms with Crippen molar-refractivity contribution in [2.75, 3.05) is 18.2 Å². The van der Waals surface area contributed by atoms with Crippen molar-refractivity contribution >= 4 is 29.0 Å². The van der Waals surface area contributed by atoms with Gasteiger partial charge in [-0.2, -0.15) is 0 Å². The maximum atomic E-state index is 12.3. The summed E-state index contributed by atoms with van der Waals surface area (Å²) in [6.45, 7) is 0.370. The Morgan fingerprint density at radius 1 is 1.28 bits per heavy atom. The Labute approximate surface area is 149 Å². The van der Waals surface area contributed by atoms with Crippen LogP contribution in [0.3, 0.4) is 0 Å². The molecule has 0 saturated heterocycles. The van der Waals surface area contributed by atoms with E-state index in [4.69, 9.17) is 22.1 Å². The largest absolute Gasteiger partial charge is 0.497 e. The predicted octanol–water partition coefficient (Wildman–Crippen LogP) is 2.82. The Bertz CT molecular complexity index is 892. The Hall–Kier alpha value is -3.06. The van der Waals surface area contributed by atoms with Gasteiger partial charge in [-0.15, -0.1) is 5.10 Å². The summed E-state index contributed by atoms with van der Waals surface area (Å²) in [5, 5.41) is 11.2. The molecule has 3 N–H and O–H groups in total. The van der Waals surface area contributed by atoms with Gasteiger partial charge in [0.15, 0.2) is 11.5 Å². The van der Waals surface area contributed by atoms with E-state index in [1.165, 1.54) is 4.68 Å². The van der Waals surface area contributed by atoms with E-state index in [2.05, 4.69) is 15.6 Å². The van der Waals surface area contributed by atoms with Crippen LogP contribution in [0.15, 0.2) is 48.5 Å². The molecule has 3 aromatic rings. The first-order chi connectivity index (χ1) is 12.1. The van der Waals surface area contributed by atoms with Gasteiger partial charge in [-0.3, -0.25) is 4.79 Å². The Balaban J connectivity index is 1.74. The average Bonchev–Trinajstić information content (AvgIpc) is 2.96. The van der Waals surface area contributed by atoms with E-state index in [1.807, 2.05) is 12.1 Å². The van der Waals surface area contributed by atoms with Crippen LogP contribution < -0.4 is 15.8 Å². The Morgan fingerprint density at radius 3 is 2.72 bits per heavy atom. The molecule has 0 aliphatic rings. The number of nitrogen functional groups attached to an aromatic ring is 1. The standard InChI is InChI=1S/C17H16ClN5O2/c1-25-14-7-5-13(6-8-14)20-17(24)15-16(19)23(22-21-15)10-11-3-2-4-12(18)9-11/h2-9H,10,19H2,1H3,(H,20,24). The van der Waals surface area contributed by atoms with Crippen LogP contribution in [0.4, 0.5) is 11.5 Å². The number of carbonyl (C=O) groups is 1. The second-order valence-electron chi connectivity index (χ2n) is 5.29. The van der Waals surface area contributed by atoms with Crippen molar-refractivity contribution < 1.29 is 9.53 Å². The molecular weight excluding hydrogens is 342 g/mol. The minimum Gasteiger partial charge on any atom is -0.497 e. The predicted molar refractivity (Wildman–Crippen MR) is 95.9 cm³/mol. The van der Waals surface area contributed by atoms with E-state index < -0.39 is 5.91 Å². The fourth-order valence-electron chi connectivity index (χ4n) is 2.27. The third kappa shape index (κ3) is 3.89. The summed E-state index contributed by atoms with van der Waals surface area (Å²) < 4.78 is 6.53. The number of nitrogens with two attached hydrogens (primary N) is 1.